The molecule has 0 unspecified atom stereocenters. The van der Waals surface area contributed by atoms with E-state index < -0.39 is 11.2 Å². The molecule has 27 heavy (non-hydrogen) atoms. The van der Waals surface area contributed by atoms with Gasteiger partial charge in [0.05, 0.1) is 11.2 Å². The van der Waals surface area contributed by atoms with Crippen molar-refractivity contribution in [3.8, 4) is 0 Å². The van der Waals surface area contributed by atoms with E-state index >= 15 is 0 Å². The molecule has 5 heteroatoms. The molecule has 2 nitrogen and oxygen atoms in total. The lowest BCUT2D eigenvalue weighted by molar-refractivity contribution is -0.0893. The Morgan fingerprint density at radius 3 is 2.41 bits per heavy atom. The molecule has 0 bridgehead atoms. The first-order chi connectivity index (χ1) is 12.7. The van der Waals surface area contributed by atoms with Gasteiger partial charge in [-0.25, -0.2) is 0 Å². The first-order valence-corrected chi connectivity index (χ1v) is 10.1. The summed E-state index contributed by atoms with van der Waals surface area (Å²) >= 11 is 8.17. The van der Waals surface area contributed by atoms with Gasteiger partial charge in [0.1, 0.15) is 0 Å². The van der Waals surface area contributed by atoms with E-state index in [1.807, 2.05) is 26.0 Å². The van der Waals surface area contributed by atoms with E-state index in [0.717, 1.165) is 15.5 Å². The van der Waals surface area contributed by atoms with E-state index in [2.05, 4.69) is 36.4 Å². The predicted molar refractivity (Wildman–Crippen MR) is 119 cm³/mol. The maximum atomic E-state index is 10.4. The predicted octanol–water partition coefficient (Wildman–Crippen LogP) is 5.67. The first-order valence-electron chi connectivity index (χ1n) is 8.94. The summed E-state index contributed by atoms with van der Waals surface area (Å²) < 4.78 is 8.39. The van der Waals surface area contributed by atoms with Gasteiger partial charge in [0, 0.05) is 25.2 Å². The van der Waals surface area contributed by atoms with Crippen LogP contribution in [0.1, 0.15) is 27.7 Å². The zero-order valence-corrected chi connectivity index (χ0v) is 17.4. The van der Waals surface area contributed by atoms with Crippen molar-refractivity contribution in [1.29, 1.82) is 0 Å². The SMILES string of the molecule is CC(C)(O)C(C)(C)O[B]c1cc(Cl)cc2c1sc1c3ccccc3ccc21. The Hall–Kier alpha value is -1.59. The number of fused-ring (bicyclic) bond motifs is 5. The Balaban J connectivity index is 1.87. The molecule has 0 saturated carbocycles. The Labute approximate surface area is 169 Å². The van der Waals surface area contributed by atoms with Crippen LogP contribution in [0.3, 0.4) is 0 Å². The Morgan fingerprint density at radius 2 is 1.67 bits per heavy atom. The van der Waals surface area contributed by atoms with Crippen molar-refractivity contribution in [1.82, 2.24) is 0 Å². The molecule has 1 radical (unpaired) electrons. The minimum atomic E-state index is -0.975. The van der Waals surface area contributed by atoms with E-state index in [4.69, 9.17) is 16.3 Å². The molecule has 137 valence electrons. The molecule has 0 spiro atoms. The van der Waals surface area contributed by atoms with Crippen LogP contribution in [0.2, 0.25) is 5.02 Å². The van der Waals surface area contributed by atoms with Crippen molar-refractivity contribution < 1.29 is 9.76 Å². The fraction of sp³-hybridized carbons (Fsp3) is 0.273. The normalized spacial score (nSPS) is 13.0. The number of thiophene rings is 1. The molecule has 3 aromatic carbocycles. The summed E-state index contributed by atoms with van der Waals surface area (Å²) in [5.74, 6) is 0. The summed E-state index contributed by atoms with van der Waals surface area (Å²) in [6.07, 6.45) is 0. The second kappa shape index (κ2) is 6.49. The molecule has 0 aliphatic rings. The third-order valence-corrected chi connectivity index (χ3v) is 6.93. The minimum Gasteiger partial charge on any atom is -0.427 e. The zero-order chi connectivity index (χ0) is 19.4. The van der Waals surface area contributed by atoms with Crippen molar-refractivity contribution in [2.75, 3.05) is 0 Å². The van der Waals surface area contributed by atoms with Crippen LogP contribution in [0.25, 0.3) is 30.9 Å². The van der Waals surface area contributed by atoms with Crippen molar-refractivity contribution in [3.05, 3.63) is 53.6 Å². The molecule has 0 aliphatic carbocycles. The summed E-state index contributed by atoms with van der Waals surface area (Å²) in [6.45, 7) is 7.26. The van der Waals surface area contributed by atoms with Gasteiger partial charge < -0.3 is 9.76 Å². The summed E-state index contributed by atoms with van der Waals surface area (Å²) in [4.78, 5) is 0. The van der Waals surface area contributed by atoms with Crippen LogP contribution in [-0.2, 0) is 4.65 Å². The largest absolute Gasteiger partial charge is 0.427 e. The topological polar surface area (TPSA) is 29.5 Å². The fourth-order valence-corrected chi connectivity index (χ4v) is 4.56. The van der Waals surface area contributed by atoms with Crippen LogP contribution in [-0.4, -0.2) is 23.8 Å². The van der Waals surface area contributed by atoms with E-state index in [0.29, 0.717) is 5.02 Å². The van der Waals surface area contributed by atoms with E-state index in [9.17, 15) is 5.11 Å². The second-order valence-electron chi connectivity index (χ2n) is 7.94. The maximum Gasteiger partial charge on any atom is 0.332 e. The summed E-state index contributed by atoms with van der Waals surface area (Å²) in [5.41, 5.74) is -0.775. The molecule has 0 amide bonds. The number of aliphatic hydroxyl groups is 1. The van der Waals surface area contributed by atoms with Crippen molar-refractivity contribution >= 4 is 66.8 Å². The van der Waals surface area contributed by atoms with Gasteiger partial charge in [0.2, 0.25) is 0 Å². The van der Waals surface area contributed by atoms with Crippen LogP contribution >= 0.6 is 22.9 Å². The quantitative estimate of drug-likeness (QED) is 0.451. The highest BCUT2D eigenvalue weighted by molar-refractivity contribution is 7.27. The maximum absolute atomic E-state index is 10.4. The smallest absolute Gasteiger partial charge is 0.332 e. The van der Waals surface area contributed by atoms with Crippen LogP contribution in [0.15, 0.2) is 48.5 Å². The highest BCUT2D eigenvalue weighted by Gasteiger charge is 2.36. The van der Waals surface area contributed by atoms with Gasteiger partial charge in [0.25, 0.3) is 0 Å². The molecule has 0 saturated heterocycles. The lowest BCUT2D eigenvalue weighted by atomic mass is 9.82. The molecule has 1 aromatic heterocycles. The van der Waals surface area contributed by atoms with Gasteiger partial charge in [-0.3, -0.25) is 0 Å². The second-order valence-corrected chi connectivity index (χ2v) is 9.40. The van der Waals surface area contributed by atoms with E-state index in [1.54, 1.807) is 32.7 Å². The molecule has 4 rings (SSSR count). The fourth-order valence-electron chi connectivity index (χ4n) is 3.04. The first kappa shape index (κ1) is 18.8. The molecule has 0 aliphatic heterocycles. The van der Waals surface area contributed by atoms with E-state index in [1.165, 1.54) is 20.9 Å². The van der Waals surface area contributed by atoms with Gasteiger partial charge in [-0.05, 0) is 56.1 Å². The van der Waals surface area contributed by atoms with Crippen molar-refractivity contribution in [3.63, 3.8) is 0 Å². The van der Waals surface area contributed by atoms with Crippen LogP contribution < -0.4 is 5.46 Å². The van der Waals surface area contributed by atoms with Gasteiger partial charge >= 0.3 is 7.48 Å². The van der Waals surface area contributed by atoms with Gasteiger partial charge in [-0.2, -0.15) is 0 Å². The zero-order valence-electron chi connectivity index (χ0n) is 15.8. The molecule has 4 aromatic rings. The minimum absolute atomic E-state index is 0.672. The number of benzene rings is 3. The molecule has 1 heterocycles. The van der Waals surface area contributed by atoms with Crippen LogP contribution in [0.5, 0.6) is 0 Å². The molecule has 0 fully saturated rings. The lowest BCUT2D eigenvalue weighted by Crippen LogP contribution is -2.49. The van der Waals surface area contributed by atoms with Gasteiger partial charge in [-0.15, -0.1) is 11.3 Å². The van der Waals surface area contributed by atoms with Crippen LogP contribution in [0, 0.1) is 0 Å². The van der Waals surface area contributed by atoms with Crippen molar-refractivity contribution in [2.45, 2.75) is 38.9 Å². The molecule has 0 atom stereocenters. The number of rotatable bonds is 4. The number of hydrogen-bond donors (Lipinski definition) is 1. The van der Waals surface area contributed by atoms with Crippen molar-refractivity contribution in [2.24, 2.45) is 0 Å². The highest BCUT2D eigenvalue weighted by atomic mass is 35.5. The van der Waals surface area contributed by atoms with Crippen LogP contribution in [0.4, 0.5) is 0 Å². The monoisotopic (exact) mass is 395 g/mol. The Morgan fingerprint density at radius 1 is 0.926 bits per heavy atom. The molecular formula is C22H21BClO2S. The average Bonchev–Trinajstić information content (AvgIpc) is 2.98. The summed E-state index contributed by atoms with van der Waals surface area (Å²) in [5, 5.41) is 15.8. The highest BCUT2D eigenvalue weighted by Crippen LogP contribution is 2.38. The third-order valence-electron chi connectivity index (χ3n) is 5.41. The summed E-state index contributed by atoms with van der Waals surface area (Å²) in [6, 6.07) is 16.7. The Kier molecular flexibility index (Phi) is 4.51. The number of hydrogen-bond acceptors (Lipinski definition) is 3. The average molecular weight is 396 g/mol. The van der Waals surface area contributed by atoms with Gasteiger partial charge in [0.15, 0.2) is 0 Å². The molecular weight excluding hydrogens is 375 g/mol. The Bertz CT molecular complexity index is 1160. The number of halogens is 1. The molecule has 1 N–H and O–H groups in total. The standard InChI is InChI=1S/C22H21BClO2S/c1-21(2,25)22(3,4)26-23-18-12-14(24)11-17-16-10-9-13-7-5-6-8-15(13)19(16)27-20(17)18/h5-12,25H,1-4H3. The van der Waals surface area contributed by atoms with Gasteiger partial charge in [-0.1, -0.05) is 48.0 Å². The van der Waals surface area contributed by atoms with E-state index in [-0.39, 0.29) is 0 Å². The third kappa shape index (κ3) is 3.25. The lowest BCUT2D eigenvalue weighted by Gasteiger charge is -2.37. The summed E-state index contributed by atoms with van der Waals surface area (Å²) in [7, 11) is 1.73.